The Morgan fingerprint density at radius 1 is 1.15 bits per heavy atom. The summed E-state index contributed by atoms with van der Waals surface area (Å²) >= 11 is 0. The second kappa shape index (κ2) is 9.77. The summed E-state index contributed by atoms with van der Waals surface area (Å²) in [6, 6.07) is 7.64. The van der Waals surface area contributed by atoms with E-state index in [1.165, 1.54) is 32.1 Å². The van der Waals surface area contributed by atoms with Crippen LogP contribution in [0.25, 0.3) is 0 Å². The zero-order valence-electron chi connectivity index (χ0n) is 16.4. The van der Waals surface area contributed by atoms with Crippen molar-refractivity contribution < 1.29 is 14.3 Å². The van der Waals surface area contributed by atoms with Crippen LogP contribution in [0.1, 0.15) is 58.3 Å². The van der Waals surface area contributed by atoms with Gasteiger partial charge in [-0.15, -0.1) is 0 Å². The molecule has 1 atom stereocenters. The van der Waals surface area contributed by atoms with Crippen molar-refractivity contribution in [2.24, 2.45) is 11.8 Å². The van der Waals surface area contributed by atoms with Gasteiger partial charge in [0.05, 0.1) is 6.61 Å². The summed E-state index contributed by atoms with van der Waals surface area (Å²) in [6.07, 6.45) is 8.67. The number of nitrogens with zero attached hydrogens (tertiary/aromatic N) is 1. The van der Waals surface area contributed by atoms with E-state index in [1.54, 1.807) is 0 Å². The molecule has 3 rings (SSSR count). The molecule has 1 aliphatic carbocycles. The number of carbonyl (C=O) groups excluding carboxylic acids is 2. The third-order valence-corrected chi connectivity index (χ3v) is 5.76. The number of nitrogens with one attached hydrogen (secondary N) is 1. The van der Waals surface area contributed by atoms with Gasteiger partial charge >= 0.3 is 0 Å². The molecule has 1 unspecified atom stereocenters. The number of ether oxygens (including phenoxy) is 1. The van der Waals surface area contributed by atoms with Crippen LogP contribution in [0.2, 0.25) is 0 Å². The average Bonchev–Trinajstić information content (AvgIpc) is 3.07. The highest BCUT2D eigenvalue weighted by molar-refractivity contribution is 5.95. The van der Waals surface area contributed by atoms with E-state index in [9.17, 15) is 9.59 Å². The van der Waals surface area contributed by atoms with Gasteiger partial charge in [0.1, 0.15) is 5.75 Å². The normalized spacial score (nSPS) is 20.7. The fourth-order valence-corrected chi connectivity index (χ4v) is 4.21. The number of benzene rings is 1. The van der Waals surface area contributed by atoms with Gasteiger partial charge in [0.15, 0.2) is 0 Å². The number of carbonyl (C=O) groups is 2. The van der Waals surface area contributed by atoms with Gasteiger partial charge in [-0.2, -0.15) is 0 Å². The molecule has 1 saturated heterocycles. The largest absolute Gasteiger partial charge is 0.494 e. The predicted molar refractivity (Wildman–Crippen MR) is 107 cm³/mol. The van der Waals surface area contributed by atoms with Crippen LogP contribution in [0.5, 0.6) is 5.75 Å². The van der Waals surface area contributed by atoms with Crippen LogP contribution in [0, 0.1) is 11.8 Å². The summed E-state index contributed by atoms with van der Waals surface area (Å²) in [5, 5.41) is 3.04. The van der Waals surface area contributed by atoms with Gasteiger partial charge in [-0.25, -0.2) is 0 Å². The molecule has 148 valence electrons. The van der Waals surface area contributed by atoms with Crippen LogP contribution in [-0.2, 0) is 9.59 Å². The SMILES string of the molecule is CCOc1ccc(N2CC(CNC(=O)CCC3CCCCC3)CC2=O)cc1. The molecule has 1 aliphatic heterocycles. The molecule has 1 heterocycles. The maximum atomic E-state index is 12.4. The van der Waals surface area contributed by atoms with E-state index in [4.69, 9.17) is 4.74 Å². The van der Waals surface area contributed by atoms with E-state index in [1.807, 2.05) is 36.1 Å². The molecule has 2 fully saturated rings. The summed E-state index contributed by atoms with van der Waals surface area (Å²) in [6.45, 7) is 3.83. The Morgan fingerprint density at radius 2 is 1.89 bits per heavy atom. The average molecular weight is 373 g/mol. The maximum Gasteiger partial charge on any atom is 0.227 e. The van der Waals surface area contributed by atoms with Gasteiger partial charge in [0.2, 0.25) is 11.8 Å². The van der Waals surface area contributed by atoms with Crippen LogP contribution < -0.4 is 15.0 Å². The van der Waals surface area contributed by atoms with E-state index in [2.05, 4.69) is 5.32 Å². The molecular weight excluding hydrogens is 340 g/mol. The van der Waals surface area contributed by atoms with Crippen LogP contribution in [0.15, 0.2) is 24.3 Å². The topological polar surface area (TPSA) is 58.6 Å². The number of amides is 2. The van der Waals surface area contributed by atoms with Crippen molar-refractivity contribution in [3.05, 3.63) is 24.3 Å². The minimum absolute atomic E-state index is 0.126. The van der Waals surface area contributed by atoms with E-state index in [0.29, 0.717) is 32.5 Å². The molecule has 2 amide bonds. The third kappa shape index (κ3) is 5.72. The highest BCUT2D eigenvalue weighted by Gasteiger charge is 2.30. The smallest absolute Gasteiger partial charge is 0.227 e. The molecule has 0 radical (unpaired) electrons. The van der Waals surface area contributed by atoms with Crippen LogP contribution in [-0.4, -0.2) is 31.5 Å². The molecule has 5 heteroatoms. The van der Waals surface area contributed by atoms with Crippen LogP contribution in [0.4, 0.5) is 5.69 Å². The second-order valence-electron chi connectivity index (χ2n) is 7.85. The van der Waals surface area contributed by atoms with E-state index in [0.717, 1.165) is 23.8 Å². The van der Waals surface area contributed by atoms with E-state index in [-0.39, 0.29) is 17.7 Å². The Bertz CT molecular complexity index is 623. The Kier molecular flexibility index (Phi) is 7.13. The molecule has 1 aromatic carbocycles. The first kappa shape index (κ1) is 19.7. The third-order valence-electron chi connectivity index (χ3n) is 5.76. The van der Waals surface area contributed by atoms with Crippen molar-refractivity contribution in [3.8, 4) is 5.75 Å². The van der Waals surface area contributed by atoms with Gasteiger partial charge < -0.3 is 15.0 Å². The standard InChI is InChI=1S/C22H32N2O3/c1-2-27-20-11-9-19(10-12-20)24-16-18(14-22(24)26)15-23-21(25)13-8-17-6-4-3-5-7-17/h9-12,17-18H,2-8,13-16H2,1H3,(H,23,25). The molecule has 0 spiro atoms. The molecule has 1 N–H and O–H groups in total. The van der Waals surface area contributed by atoms with Crippen LogP contribution in [0.3, 0.4) is 0 Å². The monoisotopic (exact) mass is 372 g/mol. The lowest BCUT2D eigenvalue weighted by molar-refractivity contribution is -0.122. The number of anilines is 1. The predicted octanol–water partition coefficient (Wildman–Crippen LogP) is 3.91. The second-order valence-corrected chi connectivity index (χ2v) is 7.85. The van der Waals surface area contributed by atoms with Gasteiger partial charge in [0.25, 0.3) is 0 Å². The fraction of sp³-hybridized carbons (Fsp3) is 0.636. The van der Waals surface area contributed by atoms with Crippen molar-refractivity contribution in [2.45, 2.75) is 58.3 Å². The molecule has 2 aliphatic rings. The lowest BCUT2D eigenvalue weighted by Crippen LogP contribution is -2.31. The Hall–Kier alpha value is -2.04. The molecule has 0 bridgehead atoms. The highest BCUT2D eigenvalue weighted by atomic mass is 16.5. The van der Waals surface area contributed by atoms with Crippen molar-refractivity contribution in [1.29, 1.82) is 0 Å². The summed E-state index contributed by atoms with van der Waals surface area (Å²) in [5.41, 5.74) is 0.898. The Morgan fingerprint density at radius 3 is 2.59 bits per heavy atom. The van der Waals surface area contributed by atoms with Gasteiger partial charge in [0, 0.05) is 37.5 Å². The lowest BCUT2D eigenvalue weighted by Gasteiger charge is -2.21. The van der Waals surface area contributed by atoms with Crippen molar-refractivity contribution >= 4 is 17.5 Å². The van der Waals surface area contributed by atoms with Crippen molar-refractivity contribution in [1.82, 2.24) is 5.32 Å². The maximum absolute atomic E-state index is 12.4. The molecule has 5 nitrogen and oxygen atoms in total. The molecule has 1 aromatic rings. The number of hydrogen-bond acceptors (Lipinski definition) is 3. The minimum Gasteiger partial charge on any atom is -0.494 e. The highest BCUT2D eigenvalue weighted by Crippen LogP contribution is 2.28. The van der Waals surface area contributed by atoms with E-state index >= 15 is 0 Å². The molecule has 27 heavy (non-hydrogen) atoms. The minimum atomic E-state index is 0.126. The summed E-state index contributed by atoms with van der Waals surface area (Å²) < 4.78 is 5.45. The first-order valence-electron chi connectivity index (χ1n) is 10.5. The summed E-state index contributed by atoms with van der Waals surface area (Å²) in [4.78, 5) is 26.3. The van der Waals surface area contributed by atoms with Gasteiger partial charge in [-0.05, 0) is 43.5 Å². The van der Waals surface area contributed by atoms with Gasteiger partial charge in [-0.3, -0.25) is 9.59 Å². The summed E-state index contributed by atoms with van der Waals surface area (Å²) in [5.74, 6) is 1.98. The molecule has 1 saturated carbocycles. The van der Waals surface area contributed by atoms with E-state index < -0.39 is 0 Å². The van der Waals surface area contributed by atoms with Crippen LogP contribution >= 0.6 is 0 Å². The molecular formula is C22H32N2O3. The quantitative estimate of drug-likeness (QED) is 0.752. The molecule has 0 aromatic heterocycles. The first-order chi connectivity index (χ1) is 13.2. The number of rotatable bonds is 8. The Labute approximate surface area is 162 Å². The Balaban J connectivity index is 1.41. The zero-order chi connectivity index (χ0) is 19.1. The van der Waals surface area contributed by atoms with Crippen molar-refractivity contribution in [3.63, 3.8) is 0 Å². The van der Waals surface area contributed by atoms with Gasteiger partial charge in [-0.1, -0.05) is 32.1 Å². The first-order valence-corrected chi connectivity index (χ1v) is 10.5. The fourth-order valence-electron chi connectivity index (χ4n) is 4.21. The lowest BCUT2D eigenvalue weighted by atomic mass is 9.86. The number of hydrogen-bond donors (Lipinski definition) is 1. The van der Waals surface area contributed by atoms with Crippen molar-refractivity contribution in [2.75, 3.05) is 24.6 Å². The zero-order valence-corrected chi connectivity index (χ0v) is 16.4. The summed E-state index contributed by atoms with van der Waals surface area (Å²) in [7, 11) is 0.